The van der Waals surface area contributed by atoms with Gasteiger partial charge in [-0.2, -0.15) is 0 Å². The predicted octanol–water partition coefficient (Wildman–Crippen LogP) is 1.49. The highest BCUT2D eigenvalue weighted by molar-refractivity contribution is 7.09. The minimum absolute atomic E-state index is 0.443. The number of nitrogens with two attached hydrogens (primary N) is 1. The summed E-state index contributed by atoms with van der Waals surface area (Å²) in [5.74, 6) is 0. The normalized spacial score (nSPS) is 26.4. The van der Waals surface area contributed by atoms with Crippen LogP contribution >= 0.6 is 11.3 Å². The first-order chi connectivity index (χ1) is 9.72. The van der Waals surface area contributed by atoms with E-state index in [1.54, 1.807) is 11.3 Å². The number of aryl methyl sites for hydroxylation is 1. The largest absolute Gasteiger partial charge is 0.328 e. The minimum atomic E-state index is 0.443. The quantitative estimate of drug-likeness (QED) is 0.914. The molecule has 0 aliphatic carbocycles. The Hall–Kier alpha value is -0.490. The summed E-state index contributed by atoms with van der Waals surface area (Å²) in [6, 6.07) is 1.21. The Morgan fingerprint density at radius 2 is 2.10 bits per heavy atom. The maximum Gasteiger partial charge on any atom is 0.0797 e. The second-order valence-electron chi connectivity index (χ2n) is 6.23. The van der Waals surface area contributed by atoms with Crippen molar-refractivity contribution >= 4 is 11.3 Å². The Morgan fingerprint density at radius 1 is 1.30 bits per heavy atom. The third-order valence-corrected chi connectivity index (χ3v) is 5.83. The van der Waals surface area contributed by atoms with Gasteiger partial charge in [-0.1, -0.05) is 0 Å². The van der Waals surface area contributed by atoms with E-state index in [9.17, 15) is 0 Å². The molecule has 0 aromatic carbocycles. The SMILES string of the molecule is Cc1ncsc1CCN1CCC(N2CCC(N)CC2)C1. The lowest BCUT2D eigenvalue weighted by molar-refractivity contribution is 0.152. The molecular weight excluding hydrogens is 268 g/mol. The van der Waals surface area contributed by atoms with E-state index in [-0.39, 0.29) is 0 Å². The van der Waals surface area contributed by atoms with Gasteiger partial charge in [-0.05, 0) is 52.2 Å². The summed E-state index contributed by atoms with van der Waals surface area (Å²) in [6.45, 7) is 8.21. The van der Waals surface area contributed by atoms with E-state index in [1.165, 1.54) is 62.6 Å². The zero-order valence-electron chi connectivity index (χ0n) is 12.4. The third kappa shape index (κ3) is 3.39. The molecule has 2 aliphatic rings. The van der Waals surface area contributed by atoms with Crippen LogP contribution in [0.25, 0.3) is 0 Å². The fourth-order valence-electron chi connectivity index (χ4n) is 3.42. The van der Waals surface area contributed by atoms with Crippen LogP contribution in [0, 0.1) is 6.92 Å². The van der Waals surface area contributed by atoms with Crippen LogP contribution in [-0.2, 0) is 6.42 Å². The van der Waals surface area contributed by atoms with Crippen molar-refractivity contribution < 1.29 is 0 Å². The van der Waals surface area contributed by atoms with Gasteiger partial charge in [-0.15, -0.1) is 11.3 Å². The second kappa shape index (κ2) is 6.52. The highest BCUT2D eigenvalue weighted by atomic mass is 32.1. The monoisotopic (exact) mass is 294 g/mol. The molecule has 1 aromatic rings. The molecule has 2 aliphatic heterocycles. The van der Waals surface area contributed by atoms with Crippen LogP contribution in [0.2, 0.25) is 0 Å². The van der Waals surface area contributed by atoms with Crippen molar-refractivity contribution in [2.45, 2.75) is 44.7 Å². The number of rotatable bonds is 4. The first-order valence-corrected chi connectivity index (χ1v) is 8.71. The number of nitrogens with zero attached hydrogens (tertiary/aromatic N) is 3. The van der Waals surface area contributed by atoms with E-state index in [0.717, 1.165) is 12.5 Å². The summed E-state index contributed by atoms with van der Waals surface area (Å²) in [4.78, 5) is 11.1. The lowest BCUT2D eigenvalue weighted by Crippen LogP contribution is -2.46. The molecule has 4 nitrogen and oxygen atoms in total. The fourth-order valence-corrected chi connectivity index (χ4v) is 4.19. The standard InChI is InChI=1S/C15H26N4S/c1-12-15(20-11-17-12)5-7-18-6-4-14(10-18)19-8-2-13(16)3-9-19/h11,13-14H,2-10,16H2,1H3. The number of aromatic nitrogens is 1. The number of piperidine rings is 1. The van der Waals surface area contributed by atoms with Crippen LogP contribution in [0.3, 0.4) is 0 Å². The topological polar surface area (TPSA) is 45.4 Å². The van der Waals surface area contributed by atoms with Crippen molar-refractivity contribution in [2.75, 3.05) is 32.7 Å². The molecule has 2 fully saturated rings. The molecule has 1 unspecified atom stereocenters. The van der Waals surface area contributed by atoms with Gasteiger partial charge in [0.05, 0.1) is 11.2 Å². The van der Waals surface area contributed by atoms with Gasteiger partial charge < -0.3 is 10.6 Å². The Morgan fingerprint density at radius 3 is 2.80 bits per heavy atom. The van der Waals surface area contributed by atoms with Crippen molar-refractivity contribution in [1.29, 1.82) is 0 Å². The summed E-state index contributed by atoms with van der Waals surface area (Å²) in [5.41, 5.74) is 9.18. The Kier molecular flexibility index (Phi) is 4.71. The summed E-state index contributed by atoms with van der Waals surface area (Å²) < 4.78 is 0. The third-order valence-electron chi connectivity index (χ3n) is 4.84. The fraction of sp³-hybridized carbons (Fsp3) is 0.800. The van der Waals surface area contributed by atoms with Crippen molar-refractivity contribution in [1.82, 2.24) is 14.8 Å². The van der Waals surface area contributed by atoms with Crippen LogP contribution in [0.15, 0.2) is 5.51 Å². The van der Waals surface area contributed by atoms with Gasteiger partial charge in [-0.3, -0.25) is 4.90 Å². The molecule has 1 aromatic heterocycles. The molecule has 3 rings (SSSR count). The molecule has 0 saturated carbocycles. The van der Waals surface area contributed by atoms with Gasteiger partial charge in [-0.25, -0.2) is 4.98 Å². The van der Waals surface area contributed by atoms with E-state index in [1.807, 2.05) is 5.51 Å². The molecule has 112 valence electrons. The lowest BCUT2D eigenvalue weighted by Gasteiger charge is -2.34. The van der Waals surface area contributed by atoms with Crippen molar-refractivity contribution in [3.8, 4) is 0 Å². The van der Waals surface area contributed by atoms with Crippen molar-refractivity contribution in [2.24, 2.45) is 5.73 Å². The number of likely N-dealkylation sites (tertiary alicyclic amines) is 2. The van der Waals surface area contributed by atoms with Crippen LogP contribution in [0.1, 0.15) is 29.8 Å². The van der Waals surface area contributed by atoms with E-state index >= 15 is 0 Å². The first-order valence-electron chi connectivity index (χ1n) is 7.83. The smallest absolute Gasteiger partial charge is 0.0797 e. The number of hydrogen-bond acceptors (Lipinski definition) is 5. The van der Waals surface area contributed by atoms with Gasteiger partial charge in [0.15, 0.2) is 0 Å². The predicted molar refractivity (Wildman–Crippen MR) is 84.2 cm³/mol. The number of thiazole rings is 1. The van der Waals surface area contributed by atoms with E-state index in [4.69, 9.17) is 5.73 Å². The van der Waals surface area contributed by atoms with Crippen LogP contribution in [0.5, 0.6) is 0 Å². The Labute approximate surface area is 126 Å². The lowest BCUT2D eigenvalue weighted by atomic mass is 10.0. The molecule has 3 heterocycles. The highest BCUT2D eigenvalue weighted by Crippen LogP contribution is 2.21. The van der Waals surface area contributed by atoms with Gasteiger partial charge in [0.25, 0.3) is 0 Å². The minimum Gasteiger partial charge on any atom is -0.328 e. The second-order valence-corrected chi connectivity index (χ2v) is 7.17. The van der Waals surface area contributed by atoms with Gasteiger partial charge in [0.2, 0.25) is 0 Å². The van der Waals surface area contributed by atoms with Crippen LogP contribution in [-0.4, -0.2) is 59.6 Å². The summed E-state index contributed by atoms with van der Waals surface area (Å²) in [7, 11) is 0. The van der Waals surface area contributed by atoms with E-state index in [0.29, 0.717) is 6.04 Å². The zero-order valence-corrected chi connectivity index (χ0v) is 13.2. The molecule has 2 saturated heterocycles. The van der Waals surface area contributed by atoms with Crippen molar-refractivity contribution in [3.63, 3.8) is 0 Å². The molecule has 0 bridgehead atoms. The van der Waals surface area contributed by atoms with E-state index in [2.05, 4.69) is 21.7 Å². The van der Waals surface area contributed by atoms with Crippen LogP contribution < -0.4 is 5.73 Å². The Balaban J connectivity index is 1.44. The molecule has 5 heteroatoms. The van der Waals surface area contributed by atoms with Gasteiger partial charge >= 0.3 is 0 Å². The van der Waals surface area contributed by atoms with E-state index < -0.39 is 0 Å². The maximum absolute atomic E-state index is 6.00. The Bertz CT molecular complexity index is 425. The van der Waals surface area contributed by atoms with Crippen LogP contribution in [0.4, 0.5) is 0 Å². The zero-order chi connectivity index (χ0) is 13.9. The summed E-state index contributed by atoms with van der Waals surface area (Å²) in [5, 5.41) is 0. The average molecular weight is 294 g/mol. The van der Waals surface area contributed by atoms with Crippen molar-refractivity contribution in [3.05, 3.63) is 16.1 Å². The van der Waals surface area contributed by atoms with Gasteiger partial charge in [0, 0.05) is 30.1 Å². The molecular formula is C15H26N4S. The molecule has 0 spiro atoms. The summed E-state index contributed by atoms with van der Waals surface area (Å²) >= 11 is 1.80. The molecule has 0 amide bonds. The molecule has 2 N–H and O–H groups in total. The molecule has 1 atom stereocenters. The number of hydrogen-bond donors (Lipinski definition) is 1. The first kappa shape index (κ1) is 14.4. The molecule has 20 heavy (non-hydrogen) atoms. The maximum atomic E-state index is 6.00. The highest BCUT2D eigenvalue weighted by Gasteiger charge is 2.29. The average Bonchev–Trinajstić information content (AvgIpc) is 3.06. The summed E-state index contributed by atoms with van der Waals surface area (Å²) in [6.07, 6.45) is 4.85. The molecule has 0 radical (unpaired) electrons. The van der Waals surface area contributed by atoms with Gasteiger partial charge in [0.1, 0.15) is 0 Å².